The largest absolute Gasteiger partial charge is 0.312 e. The summed E-state index contributed by atoms with van der Waals surface area (Å²) < 4.78 is 13.4. The molecule has 0 atom stereocenters. The lowest BCUT2D eigenvalue weighted by molar-refractivity contribution is 0.597. The van der Waals surface area contributed by atoms with E-state index in [1.807, 2.05) is 12.1 Å². The molecule has 4 heteroatoms. The zero-order valence-corrected chi connectivity index (χ0v) is 10.4. The summed E-state index contributed by atoms with van der Waals surface area (Å²) >= 11 is 0. The first-order valence-corrected chi connectivity index (χ1v) is 6.09. The Morgan fingerprint density at radius 2 is 1.95 bits per heavy atom. The van der Waals surface area contributed by atoms with E-state index in [0.29, 0.717) is 30.8 Å². The molecule has 0 aliphatic rings. The third-order valence-electron chi connectivity index (χ3n) is 2.84. The van der Waals surface area contributed by atoms with Crippen LogP contribution < -0.4 is 5.32 Å². The van der Waals surface area contributed by atoms with Gasteiger partial charge in [0.05, 0.1) is 0 Å². The third-order valence-corrected chi connectivity index (χ3v) is 2.84. The minimum atomic E-state index is -0.177. The maximum atomic E-state index is 13.4. The van der Waals surface area contributed by atoms with Gasteiger partial charge in [-0.3, -0.25) is 0 Å². The molecule has 96 valence electrons. The normalized spacial score (nSPS) is 10.1. The van der Waals surface area contributed by atoms with Crippen molar-refractivity contribution in [3.8, 4) is 6.07 Å². The van der Waals surface area contributed by atoms with E-state index in [-0.39, 0.29) is 5.82 Å². The number of aromatic nitrogens is 1. The Morgan fingerprint density at radius 1 is 1.16 bits per heavy atom. The van der Waals surface area contributed by atoms with Gasteiger partial charge in [-0.1, -0.05) is 24.3 Å². The number of nitrogens with one attached hydrogen (secondary N) is 1. The quantitative estimate of drug-likeness (QED) is 0.835. The molecule has 2 aromatic rings. The van der Waals surface area contributed by atoms with Gasteiger partial charge in [0, 0.05) is 18.3 Å². The molecule has 0 aliphatic carbocycles. The van der Waals surface area contributed by atoms with Crippen molar-refractivity contribution in [2.75, 3.05) is 6.54 Å². The van der Waals surface area contributed by atoms with Crippen LogP contribution in [-0.4, -0.2) is 11.5 Å². The second-order valence-corrected chi connectivity index (χ2v) is 4.14. The van der Waals surface area contributed by atoms with Gasteiger partial charge in [-0.05, 0) is 30.7 Å². The Kier molecular flexibility index (Phi) is 4.60. The summed E-state index contributed by atoms with van der Waals surface area (Å²) in [7, 11) is 0. The van der Waals surface area contributed by atoms with E-state index in [1.54, 1.807) is 24.4 Å². The van der Waals surface area contributed by atoms with Crippen molar-refractivity contribution in [2.45, 2.75) is 13.0 Å². The molecule has 3 nitrogen and oxygen atoms in total. The van der Waals surface area contributed by atoms with Gasteiger partial charge in [-0.2, -0.15) is 5.26 Å². The van der Waals surface area contributed by atoms with Crippen LogP contribution in [0.1, 0.15) is 16.8 Å². The number of nitriles is 1. The molecule has 0 saturated carbocycles. The molecular formula is C15H14FN3. The van der Waals surface area contributed by atoms with E-state index in [2.05, 4.69) is 16.4 Å². The highest BCUT2D eigenvalue weighted by Gasteiger charge is 2.03. The maximum Gasteiger partial charge on any atom is 0.144 e. The monoisotopic (exact) mass is 255 g/mol. The Labute approximate surface area is 111 Å². The molecule has 0 unspecified atom stereocenters. The molecule has 19 heavy (non-hydrogen) atoms. The maximum absolute atomic E-state index is 13.4. The molecule has 0 fully saturated rings. The summed E-state index contributed by atoms with van der Waals surface area (Å²) in [6.45, 7) is 1.21. The van der Waals surface area contributed by atoms with Crippen molar-refractivity contribution in [1.29, 1.82) is 5.26 Å². The highest BCUT2D eigenvalue weighted by molar-refractivity contribution is 5.30. The molecule has 1 heterocycles. The molecule has 2 rings (SSSR count). The molecule has 1 aromatic heterocycles. The van der Waals surface area contributed by atoms with Crippen LogP contribution in [0.5, 0.6) is 0 Å². The van der Waals surface area contributed by atoms with Gasteiger partial charge in [0.1, 0.15) is 17.6 Å². The fourth-order valence-corrected chi connectivity index (χ4v) is 1.83. The predicted octanol–water partition coefficient (Wildman–Crippen LogP) is 2.42. The first-order chi connectivity index (χ1) is 9.31. The Balaban J connectivity index is 1.85. The summed E-state index contributed by atoms with van der Waals surface area (Å²) in [4.78, 5) is 3.99. The van der Waals surface area contributed by atoms with Crippen LogP contribution in [0.4, 0.5) is 4.39 Å². The highest BCUT2D eigenvalue weighted by Crippen LogP contribution is 2.07. The summed E-state index contributed by atoms with van der Waals surface area (Å²) in [5.41, 5.74) is 1.99. The van der Waals surface area contributed by atoms with E-state index < -0.39 is 0 Å². The minimum Gasteiger partial charge on any atom is -0.312 e. The lowest BCUT2D eigenvalue weighted by atomic mass is 10.1. The van der Waals surface area contributed by atoms with Crippen LogP contribution in [0.15, 0.2) is 42.6 Å². The average molecular weight is 255 g/mol. The molecule has 0 amide bonds. The second kappa shape index (κ2) is 6.62. The van der Waals surface area contributed by atoms with Crippen LogP contribution in [0.2, 0.25) is 0 Å². The number of benzene rings is 1. The van der Waals surface area contributed by atoms with Crippen LogP contribution in [0, 0.1) is 17.1 Å². The third kappa shape index (κ3) is 3.60. The van der Waals surface area contributed by atoms with E-state index >= 15 is 0 Å². The Bertz CT molecular complexity index is 590. The number of nitrogens with zero attached hydrogens (tertiary/aromatic N) is 2. The SMILES string of the molecule is N#Cc1ncccc1CNCCc1ccccc1F. The summed E-state index contributed by atoms with van der Waals surface area (Å²) in [5.74, 6) is -0.177. The van der Waals surface area contributed by atoms with Crippen LogP contribution in [0.25, 0.3) is 0 Å². The van der Waals surface area contributed by atoms with Crippen molar-refractivity contribution < 1.29 is 4.39 Å². The van der Waals surface area contributed by atoms with Gasteiger partial charge in [0.15, 0.2) is 0 Å². The van der Waals surface area contributed by atoms with Crippen molar-refractivity contribution in [2.24, 2.45) is 0 Å². The van der Waals surface area contributed by atoms with Crippen LogP contribution >= 0.6 is 0 Å². The highest BCUT2D eigenvalue weighted by atomic mass is 19.1. The zero-order valence-electron chi connectivity index (χ0n) is 10.4. The van der Waals surface area contributed by atoms with Gasteiger partial charge in [-0.25, -0.2) is 9.37 Å². The molecule has 0 radical (unpaired) electrons. The van der Waals surface area contributed by atoms with Gasteiger partial charge in [0.25, 0.3) is 0 Å². The number of rotatable bonds is 5. The van der Waals surface area contributed by atoms with Crippen molar-refractivity contribution in [3.05, 3.63) is 65.2 Å². The second-order valence-electron chi connectivity index (χ2n) is 4.14. The fourth-order valence-electron chi connectivity index (χ4n) is 1.83. The predicted molar refractivity (Wildman–Crippen MR) is 70.8 cm³/mol. The molecule has 0 aliphatic heterocycles. The van der Waals surface area contributed by atoms with Crippen LogP contribution in [-0.2, 0) is 13.0 Å². The standard InChI is InChI=1S/C15H14FN3/c16-14-6-2-1-4-12(14)7-9-18-11-13-5-3-8-19-15(13)10-17/h1-6,8,18H,7,9,11H2. The summed E-state index contributed by atoms with van der Waals surface area (Å²) in [5, 5.41) is 12.1. The van der Waals surface area contributed by atoms with Crippen molar-refractivity contribution in [3.63, 3.8) is 0 Å². The minimum absolute atomic E-state index is 0.177. The van der Waals surface area contributed by atoms with Crippen LogP contribution in [0.3, 0.4) is 0 Å². The summed E-state index contributed by atoms with van der Waals surface area (Å²) in [6, 6.07) is 12.5. The van der Waals surface area contributed by atoms with Gasteiger partial charge in [-0.15, -0.1) is 0 Å². The smallest absolute Gasteiger partial charge is 0.144 e. The average Bonchev–Trinajstić information content (AvgIpc) is 2.45. The fraction of sp³-hybridized carbons (Fsp3) is 0.200. The van der Waals surface area contributed by atoms with Gasteiger partial charge < -0.3 is 5.32 Å². The van der Waals surface area contributed by atoms with E-state index in [1.165, 1.54) is 6.07 Å². The number of hydrogen-bond acceptors (Lipinski definition) is 3. The molecule has 1 N–H and O–H groups in total. The van der Waals surface area contributed by atoms with E-state index in [9.17, 15) is 4.39 Å². The van der Waals surface area contributed by atoms with Gasteiger partial charge >= 0.3 is 0 Å². The Morgan fingerprint density at radius 3 is 2.74 bits per heavy atom. The topological polar surface area (TPSA) is 48.7 Å². The zero-order chi connectivity index (χ0) is 13.5. The number of halogens is 1. The molecule has 0 saturated heterocycles. The van der Waals surface area contributed by atoms with Gasteiger partial charge in [0.2, 0.25) is 0 Å². The molecule has 0 spiro atoms. The lowest BCUT2D eigenvalue weighted by Crippen LogP contribution is -2.18. The Hall–Kier alpha value is -2.25. The number of pyridine rings is 1. The molecule has 0 bridgehead atoms. The first kappa shape index (κ1) is 13.2. The van der Waals surface area contributed by atoms with Crippen molar-refractivity contribution >= 4 is 0 Å². The summed E-state index contributed by atoms with van der Waals surface area (Å²) in [6.07, 6.45) is 2.22. The molecular weight excluding hydrogens is 241 g/mol. The van der Waals surface area contributed by atoms with E-state index in [0.717, 1.165) is 5.56 Å². The number of hydrogen-bond donors (Lipinski definition) is 1. The lowest BCUT2D eigenvalue weighted by Gasteiger charge is -2.06. The van der Waals surface area contributed by atoms with E-state index in [4.69, 9.17) is 5.26 Å². The van der Waals surface area contributed by atoms with Crippen molar-refractivity contribution in [1.82, 2.24) is 10.3 Å². The first-order valence-electron chi connectivity index (χ1n) is 6.09. The molecule has 1 aromatic carbocycles.